The average molecular weight is 231 g/mol. The quantitative estimate of drug-likeness (QED) is 0.793. The minimum Gasteiger partial charge on any atom is -0.465 e. The van der Waals surface area contributed by atoms with Gasteiger partial charge in [0.2, 0.25) is 0 Å². The smallest absolute Gasteiger partial charge is 0.337 e. The Labute approximate surface area is 101 Å². The van der Waals surface area contributed by atoms with Gasteiger partial charge < -0.3 is 10.1 Å². The Balaban J connectivity index is 2.37. The van der Waals surface area contributed by atoms with Gasteiger partial charge in [-0.3, -0.25) is 0 Å². The third kappa shape index (κ3) is 2.74. The van der Waals surface area contributed by atoms with Crippen LogP contribution in [0.3, 0.4) is 0 Å². The van der Waals surface area contributed by atoms with Crippen molar-refractivity contribution in [1.82, 2.24) is 5.32 Å². The minimum atomic E-state index is -0.278. The van der Waals surface area contributed by atoms with Crippen molar-refractivity contribution in [1.29, 1.82) is 0 Å². The zero-order chi connectivity index (χ0) is 12.3. The van der Waals surface area contributed by atoms with Crippen molar-refractivity contribution in [2.75, 3.05) is 20.2 Å². The molecule has 3 nitrogen and oxygen atoms in total. The fourth-order valence-corrected chi connectivity index (χ4v) is 2.07. The molecule has 1 aliphatic heterocycles. The zero-order valence-corrected chi connectivity index (χ0v) is 10.2. The molecule has 0 aliphatic carbocycles. The van der Waals surface area contributed by atoms with Gasteiger partial charge in [0.05, 0.1) is 12.7 Å². The molecule has 1 N–H and O–H groups in total. The number of hydrogen-bond acceptors (Lipinski definition) is 3. The molecule has 1 aromatic rings. The maximum absolute atomic E-state index is 11.5. The third-order valence-electron chi connectivity index (χ3n) is 2.90. The van der Waals surface area contributed by atoms with Crippen LogP contribution in [0.2, 0.25) is 0 Å². The Morgan fingerprint density at radius 3 is 2.82 bits per heavy atom. The number of carbonyl (C=O) groups excluding carboxylic acids is 1. The fourth-order valence-electron chi connectivity index (χ4n) is 2.07. The van der Waals surface area contributed by atoms with E-state index in [1.165, 1.54) is 12.7 Å². The molecule has 0 fully saturated rings. The summed E-state index contributed by atoms with van der Waals surface area (Å²) < 4.78 is 4.76. The van der Waals surface area contributed by atoms with Crippen LogP contribution in [0.25, 0.3) is 5.57 Å². The first kappa shape index (κ1) is 11.9. The van der Waals surface area contributed by atoms with Gasteiger partial charge >= 0.3 is 5.97 Å². The van der Waals surface area contributed by atoms with Crippen LogP contribution in [-0.2, 0) is 4.74 Å². The number of hydrogen-bond donors (Lipinski definition) is 1. The van der Waals surface area contributed by atoms with E-state index in [1.807, 2.05) is 19.1 Å². The van der Waals surface area contributed by atoms with Gasteiger partial charge in [-0.05, 0) is 48.7 Å². The highest BCUT2D eigenvalue weighted by molar-refractivity contribution is 5.91. The molecule has 0 radical (unpaired) electrons. The van der Waals surface area contributed by atoms with Crippen molar-refractivity contribution in [3.05, 3.63) is 41.0 Å². The van der Waals surface area contributed by atoms with E-state index in [9.17, 15) is 4.79 Å². The van der Waals surface area contributed by atoms with Crippen molar-refractivity contribution < 1.29 is 9.53 Å². The molecule has 0 saturated heterocycles. The van der Waals surface area contributed by atoms with Crippen molar-refractivity contribution in [2.45, 2.75) is 13.3 Å². The second-order valence-electron chi connectivity index (χ2n) is 4.27. The van der Waals surface area contributed by atoms with Crippen LogP contribution in [-0.4, -0.2) is 26.2 Å². The molecule has 90 valence electrons. The van der Waals surface area contributed by atoms with E-state index in [0.717, 1.165) is 30.6 Å². The van der Waals surface area contributed by atoms with Crippen LogP contribution in [0.5, 0.6) is 0 Å². The largest absolute Gasteiger partial charge is 0.465 e. The van der Waals surface area contributed by atoms with E-state index in [4.69, 9.17) is 4.74 Å². The van der Waals surface area contributed by atoms with Crippen molar-refractivity contribution in [3.8, 4) is 0 Å². The first-order valence-electron chi connectivity index (χ1n) is 5.81. The predicted octanol–water partition coefficient (Wildman–Crippen LogP) is 2.16. The maximum Gasteiger partial charge on any atom is 0.337 e. The SMILES string of the molecule is COC(=O)c1cc(C)cc(C2=CCCNC2)c1. The minimum absolute atomic E-state index is 0.278. The van der Waals surface area contributed by atoms with E-state index < -0.39 is 0 Å². The normalized spacial score (nSPS) is 15.3. The van der Waals surface area contributed by atoms with Crippen molar-refractivity contribution in [2.24, 2.45) is 0 Å². The standard InChI is InChI=1S/C14H17NO2/c1-10-6-12(11-4-3-5-15-9-11)8-13(7-10)14(16)17-2/h4,6-8,15H,3,5,9H2,1-2H3. The number of esters is 1. The summed E-state index contributed by atoms with van der Waals surface area (Å²) in [6, 6.07) is 5.86. The summed E-state index contributed by atoms with van der Waals surface area (Å²) in [5, 5.41) is 3.33. The monoisotopic (exact) mass is 231 g/mol. The van der Waals surface area contributed by atoms with Crippen LogP contribution in [0.1, 0.15) is 27.9 Å². The van der Waals surface area contributed by atoms with Crippen LogP contribution in [0.4, 0.5) is 0 Å². The summed E-state index contributed by atoms with van der Waals surface area (Å²) in [4.78, 5) is 11.5. The second kappa shape index (κ2) is 5.15. The number of aryl methyl sites for hydroxylation is 1. The van der Waals surface area contributed by atoms with Gasteiger partial charge in [0, 0.05) is 6.54 Å². The molecule has 2 rings (SSSR count). The lowest BCUT2D eigenvalue weighted by Crippen LogP contribution is -2.21. The summed E-state index contributed by atoms with van der Waals surface area (Å²) >= 11 is 0. The summed E-state index contributed by atoms with van der Waals surface area (Å²) in [6.45, 7) is 3.88. The molecule has 0 unspecified atom stereocenters. The maximum atomic E-state index is 11.5. The number of methoxy groups -OCH3 is 1. The first-order valence-corrected chi connectivity index (χ1v) is 5.81. The molecule has 0 atom stereocenters. The van der Waals surface area contributed by atoms with Gasteiger partial charge in [0.1, 0.15) is 0 Å². The van der Waals surface area contributed by atoms with Gasteiger partial charge in [0.15, 0.2) is 0 Å². The average Bonchev–Trinajstić information content (AvgIpc) is 2.38. The second-order valence-corrected chi connectivity index (χ2v) is 4.27. The molecule has 0 amide bonds. The van der Waals surface area contributed by atoms with Crippen molar-refractivity contribution in [3.63, 3.8) is 0 Å². The van der Waals surface area contributed by atoms with Crippen LogP contribution >= 0.6 is 0 Å². The molecular weight excluding hydrogens is 214 g/mol. The zero-order valence-electron chi connectivity index (χ0n) is 10.2. The third-order valence-corrected chi connectivity index (χ3v) is 2.90. The van der Waals surface area contributed by atoms with Gasteiger partial charge in [-0.1, -0.05) is 12.1 Å². The Kier molecular flexibility index (Phi) is 3.59. The molecule has 1 aliphatic rings. The first-order chi connectivity index (χ1) is 8.20. The van der Waals surface area contributed by atoms with Crippen LogP contribution in [0, 0.1) is 6.92 Å². The van der Waals surface area contributed by atoms with E-state index in [2.05, 4.69) is 17.5 Å². The molecule has 17 heavy (non-hydrogen) atoms. The van der Waals surface area contributed by atoms with Crippen LogP contribution in [0.15, 0.2) is 24.3 Å². The molecule has 0 aromatic heterocycles. The fraction of sp³-hybridized carbons (Fsp3) is 0.357. The topological polar surface area (TPSA) is 38.3 Å². The lowest BCUT2D eigenvalue weighted by molar-refractivity contribution is 0.0600. The van der Waals surface area contributed by atoms with E-state index in [0.29, 0.717) is 5.56 Å². The Bertz CT molecular complexity index is 463. The molecule has 3 heteroatoms. The molecule has 0 bridgehead atoms. The van der Waals surface area contributed by atoms with Gasteiger partial charge in [-0.2, -0.15) is 0 Å². The molecule has 1 heterocycles. The van der Waals surface area contributed by atoms with Crippen molar-refractivity contribution >= 4 is 11.5 Å². The molecular formula is C14H17NO2. The number of nitrogens with one attached hydrogen (secondary N) is 1. The van der Waals surface area contributed by atoms with Gasteiger partial charge in [-0.25, -0.2) is 4.79 Å². The van der Waals surface area contributed by atoms with Gasteiger partial charge in [0.25, 0.3) is 0 Å². The Morgan fingerprint density at radius 2 is 2.18 bits per heavy atom. The highest BCUT2D eigenvalue weighted by Gasteiger charge is 2.11. The Morgan fingerprint density at radius 1 is 1.35 bits per heavy atom. The summed E-state index contributed by atoms with van der Waals surface area (Å²) in [7, 11) is 1.41. The van der Waals surface area contributed by atoms with Gasteiger partial charge in [-0.15, -0.1) is 0 Å². The van der Waals surface area contributed by atoms with E-state index in [1.54, 1.807) is 0 Å². The highest BCUT2D eigenvalue weighted by atomic mass is 16.5. The number of ether oxygens (including phenoxy) is 1. The summed E-state index contributed by atoms with van der Waals surface area (Å²) in [5.41, 5.74) is 4.06. The highest BCUT2D eigenvalue weighted by Crippen LogP contribution is 2.20. The Hall–Kier alpha value is -1.61. The number of rotatable bonds is 2. The summed E-state index contributed by atoms with van der Waals surface area (Å²) in [6.07, 6.45) is 3.27. The lowest BCUT2D eigenvalue weighted by atomic mass is 9.98. The molecule has 1 aromatic carbocycles. The summed E-state index contributed by atoms with van der Waals surface area (Å²) in [5.74, 6) is -0.278. The van der Waals surface area contributed by atoms with Crippen LogP contribution < -0.4 is 5.32 Å². The number of carbonyl (C=O) groups is 1. The van der Waals surface area contributed by atoms with E-state index >= 15 is 0 Å². The molecule has 0 spiro atoms. The lowest BCUT2D eigenvalue weighted by Gasteiger charge is -2.15. The molecule has 0 saturated carbocycles. The number of benzene rings is 1. The predicted molar refractivity (Wildman–Crippen MR) is 68.0 cm³/mol. The van der Waals surface area contributed by atoms with E-state index in [-0.39, 0.29) is 5.97 Å².